The Morgan fingerprint density at radius 2 is 1.97 bits per heavy atom. The fourth-order valence-electron chi connectivity index (χ4n) is 5.80. The molecule has 1 aromatic rings. The zero-order chi connectivity index (χ0) is 22.6. The molecule has 1 aromatic carbocycles. The number of hydrogen-bond acceptors (Lipinski definition) is 9. The number of carbonyl (C=O) groups is 2. The Bertz CT molecular complexity index is 926. The first-order valence-electron chi connectivity index (χ1n) is 10.3. The summed E-state index contributed by atoms with van der Waals surface area (Å²) in [7, 11) is 0. The lowest BCUT2D eigenvalue weighted by Crippen LogP contribution is -2.60. The highest BCUT2D eigenvalue weighted by Crippen LogP contribution is 2.61. The summed E-state index contributed by atoms with van der Waals surface area (Å²) in [5.74, 6) is -1.78. The number of benzene rings is 1. The van der Waals surface area contributed by atoms with Crippen LogP contribution in [0.5, 0.6) is 0 Å². The van der Waals surface area contributed by atoms with Crippen molar-refractivity contribution in [3.05, 3.63) is 46.2 Å². The summed E-state index contributed by atoms with van der Waals surface area (Å²) in [6.07, 6.45) is -0.210. The van der Waals surface area contributed by atoms with Crippen molar-refractivity contribution < 1.29 is 34.5 Å². The molecule has 5 atom stereocenters. The van der Waals surface area contributed by atoms with E-state index in [4.69, 9.17) is 14.7 Å². The van der Waals surface area contributed by atoms with E-state index in [9.17, 15) is 25.0 Å². The fourth-order valence-corrected chi connectivity index (χ4v) is 5.80. The van der Waals surface area contributed by atoms with Crippen molar-refractivity contribution in [2.45, 2.75) is 45.3 Å². The molecule has 4 rings (SSSR count). The molecule has 0 amide bonds. The number of carbonyl (C=O) groups excluding carboxylic acids is 2. The minimum absolute atomic E-state index is 0.0505. The minimum Gasteiger partial charge on any atom is -0.733 e. The summed E-state index contributed by atoms with van der Waals surface area (Å²) >= 11 is 0. The highest BCUT2D eigenvalue weighted by atomic mass is 16.8. The normalized spacial score (nSPS) is 34.6. The van der Waals surface area contributed by atoms with E-state index < -0.39 is 40.9 Å². The molecule has 9 heteroatoms. The van der Waals surface area contributed by atoms with Gasteiger partial charge in [-0.2, -0.15) is 0 Å². The summed E-state index contributed by atoms with van der Waals surface area (Å²) in [5.41, 5.74) is -0.265. The van der Waals surface area contributed by atoms with Crippen molar-refractivity contribution in [3.8, 4) is 0 Å². The van der Waals surface area contributed by atoms with E-state index in [1.54, 1.807) is 0 Å². The first kappa shape index (κ1) is 21.8. The van der Waals surface area contributed by atoms with Crippen LogP contribution in [0.4, 0.5) is 5.69 Å². The predicted octanol–water partition coefficient (Wildman–Crippen LogP) is 1.94. The van der Waals surface area contributed by atoms with Crippen LogP contribution in [-0.2, 0) is 14.3 Å². The molecule has 1 heterocycles. The van der Waals surface area contributed by atoms with Crippen LogP contribution in [-0.4, -0.2) is 52.8 Å². The second-order valence-electron chi connectivity index (χ2n) is 9.16. The lowest BCUT2D eigenvalue weighted by Gasteiger charge is -2.57. The van der Waals surface area contributed by atoms with E-state index in [-0.39, 0.29) is 35.3 Å². The van der Waals surface area contributed by atoms with E-state index >= 15 is 0 Å². The molecule has 2 aliphatic carbocycles. The molecule has 0 radical (unpaired) electrons. The minimum atomic E-state index is -1.37. The third kappa shape index (κ3) is 3.32. The Kier molecular flexibility index (Phi) is 5.33. The molecule has 3 N–H and O–H groups in total. The maximum atomic E-state index is 12.9. The largest absolute Gasteiger partial charge is 0.733 e. The molecule has 0 saturated heterocycles. The summed E-state index contributed by atoms with van der Waals surface area (Å²) in [6, 6.07) is 5.18. The number of aliphatic hydroxyl groups excluding tert-OH is 2. The maximum absolute atomic E-state index is 12.9. The molecule has 1 aliphatic heterocycles. The van der Waals surface area contributed by atoms with Crippen LogP contribution in [0.15, 0.2) is 35.4 Å². The SMILES string of the molecule is CC1(CO)CCCC2(C)C3=C(C(=O)OC3)C(O)C(OC(=O)c3ccc(N([O-])O)cc3)C12. The zero-order valence-electron chi connectivity index (χ0n) is 17.4. The van der Waals surface area contributed by atoms with Crippen molar-refractivity contribution in [2.24, 2.45) is 16.7 Å². The van der Waals surface area contributed by atoms with E-state index in [1.165, 1.54) is 24.3 Å². The standard InChI is InChI=1S/C22H26NO8/c1-21(11-24)8-3-9-22(2)14-10-30-20(27)15(14)16(25)17(18(21)22)31-19(26)12-4-6-13(7-5-12)23(28)29/h4-7,16-18,24-25,28H,3,8-11H2,1-2H3/q-1. The summed E-state index contributed by atoms with van der Waals surface area (Å²) in [6.45, 7) is 3.82. The number of ether oxygens (including phenoxy) is 2. The smallest absolute Gasteiger partial charge is 0.338 e. The van der Waals surface area contributed by atoms with Gasteiger partial charge in [-0.05, 0) is 53.5 Å². The van der Waals surface area contributed by atoms with Gasteiger partial charge in [0, 0.05) is 12.5 Å². The van der Waals surface area contributed by atoms with Crippen molar-refractivity contribution in [3.63, 3.8) is 0 Å². The van der Waals surface area contributed by atoms with Crippen molar-refractivity contribution in [2.75, 3.05) is 18.4 Å². The monoisotopic (exact) mass is 432 g/mol. The molecule has 3 aliphatic rings. The molecule has 0 bridgehead atoms. The lowest BCUT2D eigenvalue weighted by molar-refractivity contribution is -0.145. The third-order valence-corrected chi connectivity index (χ3v) is 7.33. The fraction of sp³-hybridized carbons (Fsp3) is 0.545. The zero-order valence-corrected chi connectivity index (χ0v) is 17.4. The van der Waals surface area contributed by atoms with Crippen LogP contribution in [0.3, 0.4) is 0 Å². The molecule has 31 heavy (non-hydrogen) atoms. The van der Waals surface area contributed by atoms with Gasteiger partial charge in [-0.15, -0.1) is 0 Å². The van der Waals surface area contributed by atoms with Gasteiger partial charge in [0.1, 0.15) is 18.8 Å². The first-order valence-corrected chi connectivity index (χ1v) is 10.3. The lowest BCUT2D eigenvalue weighted by atomic mass is 9.48. The summed E-state index contributed by atoms with van der Waals surface area (Å²) < 4.78 is 11.0. The van der Waals surface area contributed by atoms with Gasteiger partial charge in [0.2, 0.25) is 0 Å². The molecule has 1 saturated carbocycles. The molecule has 1 fully saturated rings. The Balaban J connectivity index is 1.72. The van der Waals surface area contributed by atoms with Gasteiger partial charge in [0.25, 0.3) is 0 Å². The van der Waals surface area contributed by atoms with Gasteiger partial charge in [-0.3, -0.25) is 5.21 Å². The highest BCUT2D eigenvalue weighted by molar-refractivity contribution is 5.94. The van der Waals surface area contributed by atoms with Crippen molar-refractivity contribution >= 4 is 17.6 Å². The average Bonchev–Trinajstić information content (AvgIpc) is 3.14. The number of nitrogens with zero attached hydrogens (tertiary/aromatic N) is 1. The summed E-state index contributed by atoms with van der Waals surface area (Å²) in [4.78, 5) is 25.3. The van der Waals surface area contributed by atoms with Crippen molar-refractivity contribution in [1.82, 2.24) is 0 Å². The number of rotatable bonds is 4. The van der Waals surface area contributed by atoms with Crippen LogP contribution in [0, 0.1) is 22.0 Å². The van der Waals surface area contributed by atoms with E-state index in [0.717, 1.165) is 12.0 Å². The Hall–Kier alpha value is -2.46. The quantitative estimate of drug-likeness (QED) is 0.481. The highest BCUT2D eigenvalue weighted by Gasteiger charge is 2.62. The first-order chi connectivity index (χ1) is 14.6. The number of esters is 2. The Morgan fingerprint density at radius 1 is 1.29 bits per heavy atom. The third-order valence-electron chi connectivity index (χ3n) is 7.33. The van der Waals surface area contributed by atoms with Gasteiger partial charge >= 0.3 is 11.9 Å². The molecule has 9 nitrogen and oxygen atoms in total. The molecular formula is C22H26NO8-. The predicted molar refractivity (Wildman–Crippen MR) is 108 cm³/mol. The van der Waals surface area contributed by atoms with Gasteiger partial charge in [0.05, 0.1) is 16.8 Å². The Labute approximate surface area is 179 Å². The van der Waals surface area contributed by atoms with Gasteiger partial charge in [-0.1, -0.05) is 20.3 Å². The van der Waals surface area contributed by atoms with Gasteiger partial charge in [-0.25, -0.2) is 9.59 Å². The topological polar surface area (TPSA) is 140 Å². The maximum Gasteiger partial charge on any atom is 0.338 e. The summed E-state index contributed by atoms with van der Waals surface area (Å²) in [5, 5.41) is 41.0. The van der Waals surface area contributed by atoms with E-state index in [1.807, 2.05) is 13.8 Å². The number of aliphatic hydroxyl groups is 2. The van der Waals surface area contributed by atoms with E-state index in [0.29, 0.717) is 12.8 Å². The Morgan fingerprint density at radius 3 is 2.58 bits per heavy atom. The number of cyclic esters (lactones) is 1. The second-order valence-corrected chi connectivity index (χ2v) is 9.16. The molecule has 168 valence electrons. The molecule has 0 aromatic heterocycles. The number of fused-ring (bicyclic) bond motifs is 2. The van der Waals surface area contributed by atoms with Crippen LogP contribution in [0.25, 0.3) is 0 Å². The van der Waals surface area contributed by atoms with Crippen LogP contribution in [0.2, 0.25) is 0 Å². The van der Waals surface area contributed by atoms with Crippen LogP contribution in [0.1, 0.15) is 43.5 Å². The van der Waals surface area contributed by atoms with E-state index in [2.05, 4.69) is 0 Å². The van der Waals surface area contributed by atoms with Crippen LogP contribution >= 0.6 is 0 Å². The molecule has 5 unspecified atom stereocenters. The number of anilines is 1. The average molecular weight is 432 g/mol. The molecule has 0 spiro atoms. The second kappa shape index (κ2) is 7.59. The van der Waals surface area contributed by atoms with Crippen molar-refractivity contribution in [1.29, 1.82) is 0 Å². The van der Waals surface area contributed by atoms with Gasteiger partial charge < -0.3 is 30.1 Å². The van der Waals surface area contributed by atoms with Gasteiger partial charge in [0.15, 0.2) is 0 Å². The molecular weight excluding hydrogens is 406 g/mol. The number of hydrogen-bond donors (Lipinski definition) is 3. The van der Waals surface area contributed by atoms with Crippen LogP contribution < -0.4 is 5.23 Å².